The second kappa shape index (κ2) is 6.92. The van der Waals surface area contributed by atoms with Gasteiger partial charge in [0.15, 0.2) is 11.6 Å². The zero-order valence-electron chi connectivity index (χ0n) is 14.3. The van der Waals surface area contributed by atoms with Crippen molar-refractivity contribution in [3.05, 3.63) is 68.0 Å². The van der Waals surface area contributed by atoms with Gasteiger partial charge in [-0.05, 0) is 49.5 Å². The molecule has 0 saturated carbocycles. The quantitative estimate of drug-likeness (QED) is 0.848. The molecule has 5 nitrogen and oxygen atoms in total. The highest BCUT2D eigenvalue weighted by molar-refractivity contribution is 5.22. The Morgan fingerprint density at radius 1 is 1.00 bits per heavy atom. The van der Waals surface area contributed by atoms with Crippen LogP contribution in [-0.2, 0) is 20.6 Å². The highest BCUT2D eigenvalue weighted by atomic mass is 19.2. The standard InChI is InChI=1S/C18H21F2N3O2/c1-21-14(10-17(24)22(2)18(21)25)11-23-7-5-12(6-8-23)13-3-4-15(19)16(20)9-13/h3-4,9-10,12H,5-8,11H2,1-2H3. The lowest BCUT2D eigenvalue weighted by atomic mass is 9.89. The summed E-state index contributed by atoms with van der Waals surface area (Å²) in [5.41, 5.74) is 0.854. The lowest BCUT2D eigenvalue weighted by molar-refractivity contribution is 0.199. The summed E-state index contributed by atoms with van der Waals surface area (Å²) < 4.78 is 29.0. The Morgan fingerprint density at radius 3 is 2.32 bits per heavy atom. The van der Waals surface area contributed by atoms with Gasteiger partial charge in [-0.2, -0.15) is 0 Å². The molecule has 0 unspecified atom stereocenters. The zero-order chi connectivity index (χ0) is 18.1. The number of nitrogens with zero attached hydrogens (tertiary/aromatic N) is 3. The molecule has 134 valence electrons. The monoisotopic (exact) mass is 349 g/mol. The number of piperidine rings is 1. The summed E-state index contributed by atoms with van der Waals surface area (Å²) >= 11 is 0. The Labute approximate surface area is 144 Å². The number of rotatable bonds is 3. The Bertz CT molecular complexity index is 896. The van der Waals surface area contributed by atoms with Crippen molar-refractivity contribution >= 4 is 0 Å². The minimum atomic E-state index is -0.826. The number of hydrogen-bond acceptors (Lipinski definition) is 3. The third-order valence-electron chi connectivity index (χ3n) is 5.01. The van der Waals surface area contributed by atoms with Crippen molar-refractivity contribution in [3.8, 4) is 0 Å². The minimum Gasteiger partial charge on any atom is -0.299 e. The van der Waals surface area contributed by atoms with Crippen LogP contribution >= 0.6 is 0 Å². The maximum Gasteiger partial charge on any atom is 0.330 e. The second-order valence-corrected chi connectivity index (χ2v) is 6.60. The summed E-state index contributed by atoms with van der Waals surface area (Å²) in [5, 5.41) is 0. The molecular weight excluding hydrogens is 328 g/mol. The topological polar surface area (TPSA) is 47.2 Å². The number of benzene rings is 1. The zero-order valence-corrected chi connectivity index (χ0v) is 14.3. The number of hydrogen-bond donors (Lipinski definition) is 0. The summed E-state index contributed by atoms with van der Waals surface area (Å²) in [6, 6.07) is 5.58. The van der Waals surface area contributed by atoms with Gasteiger partial charge in [0.2, 0.25) is 0 Å². The van der Waals surface area contributed by atoms with E-state index in [0.29, 0.717) is 12.2 Å². The molecule has 0 radical (unpaired) electrons. The SMILES string of the molecule is Cn1c(CN2CCC(c3ccc(F)c(F)c3)CC2)cc(=O)n(C)c1=O. The molecule has 1 saturated heterocycles. The molecule has 1 aromatic carbocycles. The van der Waals surface area contributed by atoms with Gasteiger partial charge in [-0.1, -0.05) is 6.07 Å². The van der Waals surface area contributed by atoms with Gasteiger partial charge in [0.25, 0.3) is 5.56 Å². The first-order chi connectivity index (χ1) is 11.9. The van der Waals surface area contributed by atoms with E-state index in [-0.39, 0.29) is 17.2 Å². The number of aromatic nitrogens is 2. The van der Waals surface area contributed by atoms with Crippen molar-refractivity contribution in [1.29, 1.82) is 0 Å². The third kappa shape index (κ3) is 3.56. The van der Waals surface area contributed by atoms with Gasteiger partial charge in [-0.3, -0.25) is 18.8 Å². The summed E-state index contributed by atoms with van der Waals surface area (Å²) in [7, 11) is 3.12. The lowest BCUT2D eigenvalue weighted by Crippen LogP contribution is -2.40. The molecule has 1 aliphatic rings. The molecule has 0 amide bonds. The highest BCUT2D eigenvalue weighted by Crippen LogP contribution is 2.29. The van der Waals surface area contributed by atoms with E-state index in [4.69, 9.17) is 0 Å². The Balaban J connectivity index is 1.68. The van der Waals surface area contributed by atoms with Crippen molar-refractivity contribution in [2.45, 2.75) is 25.3 Å². The van der Waals surface area contributed by atoms with Crippen molar-refractivity contribution in [1.82, 2.24) is 14.0 Å². The van der Waals surface area contributed by atoms with Crippen LogP contribution in [0.2, 0.25) is 0 Å². The van der Waals surface area contributed by atoms with Gasteiger partial charge in [-0.15, -0.1) is 0 Å². The fourth-order valence-corrected chi connectivity index (χ4v) is 3.35. The molecule has 0 spiro atoms. The molecular formula is C18H21F2N3O2. The molecule has 1 aliphatic heterocycles. The molecule has 2 aromatic rings. The van der Waals surface area contributed by atoms with Crippen LogP contribution < -0.4 is 11.2 Å². The van der Waals surface area contributed by atoms with Crippen LogP contribution in [0.25, 0.3) is 0 Å². The van der Waals surface area contributed by atoms with Crippen LogP contribution in [0.3, 0.4) is 0 Å². The predicted molar refractivity (Wildman–Crippen MR) is 90.5 cm³/mol. The molecule has 0 aliphatic carbocycles. The predicted octanol–water partition coefficient (Wildman–Crippen LogP) is 1.74. The van der Waals surface area contributed by atoms with E-state index in [1.54, 1.807) is 13.1 Å². The average molecular weight is 349 g/mol. The number of likely N-dealkylation sites (tertiary alicyclic amines) is 1. The Kier molecular flexibility index (Phi) is 4.85. The van der Waals surface area contributed by atoms with Crippen molar-refractivity contribution in [2.75, 3.05) is 13.1 Å². The van der Waals surface area contributed by atoms with E-state index in [1.807, 2.05) is 0 Å². The van der Waals surface area contributed by atoms with Crippen LogP contribution in [0.5, 0.6) is 0 Å². The maximum absolute atomic E-state index is 13.4. The molecule has 1 fully saturated rings. The van der Waals surface area contributed by atoms with E-state index in [1.165, 1.54) is 29.8 Å². The number of halogens is 2. The molecule has 1 aromatic heterocycles. The molecule has 25 heavy (non-hydrogen) atoms. The Hall–Kier alpha value is -2.28. The molecule has 2 heterocycles. The lowest BCUT2D eigenvalue weighted by Gasteiger charge is -2.32. The smallest absolute Gasteiger partial charge is 0.299 e. The van der Waals surface area contributed by atoms with E-state index in [9.17, 15) is 18.4 Å². The van der Waals surface area contributed by atoms with Crippen LogP contribution in [0.15, 0.2) is 33.9 Å². The summed E-state index contributed by atoms with van der Waals surface area (Å²) in [4.78, 5) is 26.0. The van der Waals surface area contributed by atoms with Crippen LogP contribution in [0, 0.1) is 11.6 Å². The Morgan fingerprint density at radius 2 is 1.68 bits per heavy atom. The van der Waals surface area contributed by atoms with Gasteiger partial charge in [0.05, 0.1) is 0 Å². The van der Waals surface area contributed by atoms with Gasteiger partial charge in [-0.25, -0.2) is 13.6 Å². The largest absolute Gasteiger partial charge is 0.330 e. The first kappa shape index (κ1) is 17.5. The van der Waals surface area contributed by atoms with Crippen molar-refractivity contribution in [2.24, 2.45) is 14.1 Å². The van der Waals surface area contributed by atoms with Crippen LogP contribution in [0.1, 0.15) is 30.0 Å². The van der Waals surface area contributed by atoms with Crippen molar-refractivity contribution < 1.29 is 8.78 Å². The molecule has 0 bridgehead atoms. The molecule has 0 N–H and O–H groups in total. The highest BCUT2D eigenvalue weighted by Gasteiger charge is 2.22. The van der Waals surface area contributed by atoms with Gasteiger partial charge >= 0.3 is 5.69 Å². The summed E-state index contributed by atoms with van der Waals surface area (Å²) in [5.74, 6) is -1.44. The van der Waals surface area contributed by atoms with Crippen LogP contribution in [-0.4, -0.2) is 27.1 Å². The maximum atomic E-state index is 13.4. The third-order valence-corrected chi connectivity index (χ3v) is 5.01. The first-order valence-electron chi connectivity index (χ1n) is 8.30. The molecule has 3 rings (SSSR count). The fraction of sp³-hybridized carbons (Fsp3) is 0.444. The van der Waals surface area contributed by atoms with Gasteiger partial charge in [0.1, 0.15) is 0 Å². The van der Waals surface area contributed by atoms with Crippen molar-refractivity contribution in [3.63, 3.8) is 0 Å². The van der Waals surface area contributed by atoms with E-state index < -0.39 is 11.6 Å². The van der Waals surface area contributed by atoms with E-state index >= 15 is 0 Å². The first-order valence-corrected chi connectivity index (χ1v) is 8.30. The molecule has 7 heteroatoms. The van der Waals surface area contributed by atoms with E-state index in [0.717, 1.165) is 36.1 Å². The minimum absolute atomic E-state index is 0.193. The van der Waals surface area contributed by atoms with Gasteiger partial charge < -0.3 is 0 Å². The van der Waals surface area contributed by atoms with Gasteiger partial charge in [0, 0.05) is 32.4 Å². The molecule has 0 atom stereocenters. The fourth-order valence-electron chi connectivity index (χ4n) is 3.35. The summed E-state index contributed by atoms with van der Waals surface area (Å²) in [6.45, 7) is 2.06. The second-order valence-electron chi connectivity index (χ2n) is 6.60. The van der Waals surface area contributed by atoms with Crippen LogP contribution in [0.4, 0.5) is 8.78 Å². The average Bonchev–Trinajstić information content (AvgIpc) is 2.61. The summed E-state index contributed by atoms with van der Waals surface area (Å²) in [6.07, 6.45) is 1.65. The normalized spacial score (nSPS) is 16.3. The van der Waals surface area contributed by atoms with E-state index in [2.05, 4.69) is 4.90 Å².